The van der Waals surface area contributed by atoms with Crippen molar-refractivity contribution in [2.75, 3.05) is 20.3 Å². The van der Waals surface area contributed by atoms with Gasteiger partial charge in [0, 0.05) is 16.3 Å². The molecule has 0 aliphatic carbocycles. The molecule has 28 heavy (non-hydrogen) atoms. The van der Waals surface area contributed by atoms with Gasteiger partial charge < -0.3 is 14.4 Å². The van der Waals surface area contributed by atoms with Crippen molar-refractivity contribution >= 4 is 28.6 Å². The summed E-state index contributed by atoms with van der Waals surface area (Å²) in [4.78, 5) is 18.3. The van der Waals surface area contributed by atoms with E-state index in [1.165, 1.54) is 15.3 Å². The van der Waals surface area contributed by atoms with Crippen LogP contribution in [0.1, 0.15) is 26.9 Å². The Kier molecular flexibility index (Phi) is 4.61. The molecule has 6 heteroatoms. The monoisotopic (exact) mass is 411 g/mol. The fraction of sp³-hybridized carbons (Fsp3) is 0.318. The topological polar surface area (TPSA) is 38.8 Å². The highest BCUT2D eigenvalue weighted by Crippen LogP contribution is 2.41. The highest BCUT2D eigenvalue weighted by atomic mass is 32.1. The number of carbonyl (C=O) groups is 1. The number of hydrogen-bond acceptors (Lipinski definition) is 5. The van der Waals surface area contributed by atoms with Crippen LogP contribution >= 0.6 is 22.7 Å². The molecule has 3 aromatic rings. The van der Waals surface area contributed by atoms with E-state index in [-0.39, 0.29) is 17.9 Å². The van der Waals surface area contributed by atoms with E-state index in [0.29, 0.717) is 13.0 Å². The maximum atomic E-state index is 13.6. The first-order valence-electron chi connectivity index (χ1n) is 9.44. The number of carbonyl (C=O) groups excluding carboxylic acids is 1. The maximum Gasteiger partial charge on any atom is 0.230 e. The molecule has 4 heterocycles. The molecule has 1 aromatic carbocycles. The van der Waals surface area contributed by atoms with Gasteiger partial charge >= 0.3 is 0 Å². The molecule has 2 atom stereocenters. The molecule has 0 bridgehead atoms. The summed E-state index contributed by atoms with van der Waals surface area (Å²) in [7, 11) is 1.66. The molecule has 1 amide bonds. The Labute approximate surface area is 172 Å². The smallest absolute Gasteiger partial charge is 0.230 e. The third-order valence-electron chi connectivity index (χ3n) is 5.58. The summed E-state index contributed by atoms with van der Waals surface area (Å²) in [5.41, 5.74) is 2.33. The molecule has 0 saturated heterocycles. The van der Waals surface area contributed by atoms with Crippen molar-refractivity contribution < 1.29 is 14.3 Å². The Morgan fingerprint density at radius 1 is 1.21 bits per heavy atom. The van der Waals surface area contributed by atoms with Crippen LogP contribution in [0.2, 0.25) is 0 Å². The second-order valence-corrected chi connectivity index (χ2v) is 9.16. The molecule has 5 rings (SSSR count). The van der Waals surface area contributed by atoms with E-state index < -0.39 is 0 Å². The number of ether oxygens (including phenoxy) is 2. The molecular weight excluding hydrogens is 390 g/mol. The van der Waals surface area contributed by atoms with E-state index >= 15 is 0 Å². The van der Waals surface area contributed by atoms with Gasteiger partial charge in [0.1, 0.15) is 18.1 Å². The fourth-order valence-corrected chi connectivity index (χ4v) is 5.96. The average molecular weight is 412 g/mol. The van der Waals surface area contributed by atoms with Crippen molar-refractivity contribution in [2.45, 2.75) is 18.9 Å². The predicted molar refractivity (Wildman–Crippen MR) is 112 cm³/mol. The van der Waals surface area contributed by atoms with Crippen LogP contribution in [-0.4, -0.2) is 31.1 Å². The molecule has 0 spiro atoms. The summed E-state index contributed by atoms with van der Waals surface area (Å²) in [6.45, 7) is 1.19. The summed E-state index contributed by atoms with van der Waals surface area (Å²) in [5, 5.41) is 4.23. The zero-order valence-electron chi connectivity index (χ0n) is 15.6. The maximum absolute atomic E-state index is 13.6. The van der Waals surface area contributed by atoms with Crippen molar-refractivity contribution in [1.82, 2.24) is 4.90 Å². The van der Waals surface area contributed by atoms with Crippen molar-refractivity contribution in [3.8, 4) is 11.5 Å². The minimum Gasteiger partial charge on any atom is -0.497 e. The third-order valence-corrected chi connectivity index (χ3v) is 7.51. The predicted octanol–water partition coefficient (Wildman–Crippen LogP) is 4.54. The molecule has 0 N–H and O–H groups in total. The summed E-state index contributed by atoms with van der Waals surface area (Å²) in [6, 6.07) is 12.2. The minimum absolute atomic E-state index is 0.0224. The average Bonchev–Trinajstić information content (AvgIpc) is 3.43. The lowest BCUT2D eigenvalue weighted by molar-refractivity contribution is -0.139. The number of thiophene rings is 2. The Balaban J connectivity index is 1.44. The first-order chi connectivity index (χ1) is 13.7. The van der Waals surface area contributed by atoms with Crippen LogP contribution < -0.4 is 9.47 Å². The summed E-state index contributed by atoms with van der Waals surface area (Å²) < 4.78 is 11.3. The molecular formula is C22H21NO3S2. The van der Waals surface area contributed by atoms with Gasteiger partial charge in [-0.1, -0.05) is 6.07 Å². The minimum atomic E-state index is -0.165. The highest BCUT2D eigenvalue weighted by molar-refractivity contribution is 7.10. The Morgan fingerprint density at radius 2 is 2.14 bits per heavy atom. The number of hydrogen-bond donors (Lipinski definition) is 0. The number of amides is 1. The zero-order valence-corrected chi connectivity index (χ0v) is 17.2. The van der Waals surface area contributed by atoms with E-state index in [0.717, 1.165) is 30.0 Å². The van der Waals surface area contributed by atoms with Gasteiger partial charge in [-0.05, 0) is 65.1 Å². The molecule has 0 saturated carbocycles. The van der Waals surface area contributed by atoms with Crippen LogP contribution in [0, 0.1) is 5.92 Å². The number of nitrogens with zero attached hydrogens (tertiary/aromatic N) is 1. The van der Waals surface area contributed by atoms with E-state index in [1.807, 2.05) is 18.2 Å². The van der Waals surface area contributed by atoms with Gasteiger partial charge in [-0.3, -0.25) is 4.79 Å². The lowest BCUT2D eigenvalue weighted by atomic mass is 9.92. The first kappa shape index (κ1) is 17.8. The van der Waals surface area contributed by atoms with Gasteiger partial charge in [0.05, 0.1) is 19.1 Å². The van der Waals surface area contributed by atoms with E-state index in [9.17, 15) is 4.79 Å². The largest absolute Gasteiger partial charge is 0.497 e. The summed E-state index contributed by atoms with van der Waals surface area (Å²) >= 11 is 3.52. The van der Waals surface area contributed by atoms with Gasteiger partial charge in [-0.25, -0.2) is 0 Å². The fourth-order valence-electron chi connectivity index (χ4n) is 4.20. The Morgan fingerprint density at radius 3 is 2.96 bits per heavy atom. The van der Waals surface area contributed by atoms with Gasteiger partial charge in [-0.2, -0.15) is 0 Å². The van der Waals surface area contributed by atoms with Crippen molar-refractivity contribution in [2.24, 2.45) is 5.92 Å². The standard InChI is InChI=1S/C22H21NO3S2/c1-25-16-4-5-18-14(12-16)11-15(13-26-18)22(24)23-8-6-19-17(7-10-28-19)21(23)20-3-2-9-27-20/h2-5,7,9-10,12,15,21H,6,8,11,13H2,1H3/t15-,21+/m1/s1. The van der Waals surface area contributed by atoms with Crippen LogP contribution in [0.15, 0.2) is 47.2 Å². The number of fused-ring (bicyclic) bond motifs is 2. The normalized spacial score (nSPS) is 20.8. The quantitative estimate of drug-likeness (QED) is 0.635. The zero-order chi connectivity index (χ0) is 19.1. The van der Waals surface area contributed by atoms with Crippen LogP contribution in [0.5, 0.6) is 11.5 Å². The van der Waals surface area contributed by atoms with Crippen molar-refractivity contribution in [1.29, 1.82) is 0 Å². The van der Waals surface area contributed by atoms with E-state index in [2.05, 4.69) is 33.9 Å². The molecule has 2 aliphatic heterocycles. The lowest BCUT2D eigenvalue weighted by Crippen LogP contribution is -2.45. The second-order valence-electron chi connectivity index (χ2n) is 7.18. The van der Waals surface area contributed by atoms with Crippen molar-refractivity contribution in [3.05, 3.63) is 68.0 Å². The van der Waals surface area contributed by atoms with Crippen molar-refractivity contribution in [3.63, 3.8) is 0 Å². The molecule has 2 aromatic heterocycles. The second kappa shape index (κ2) is 7.26. The van der Waals surface area contributed by atoms with Crippen LogP contribution in [0.3, 0.4) is 0 Å². The molecule has 0 fully saturated rings. The molecule has 2 aliphatic rings. The van der Waals surface area contributed by atoms with Gasteiger partial charge in [0.25, 0.3) is 0 Å². The number of rotatable bonds is 3. The molecule has 0 radical (unpaired) electrons. The van der Waals surface area contributed by atoms with E-state index in [1.54, 1.807) is 29.8 Å². The number of methoxy groups -OCH3 is 1. The molecule has 0 unspecified atom stereocenters. The Bertz CT molecular complexity index is 995. The number of benzene rings is 1. The van der Waals surface area contributed by atoms with Crippen LogP contribution in [-0.2, 0) is 17.6 Å². The van der Waals surface area contributed by atoms with Gasteiger partial charge in [-0.15, -0.1) is 22.7 Å². The van der Waals surface area contributed by atoms with E-state index in [4.69, 9.17) is 9.47 Å². The van der Waals surface area contributed by atoms with Crippen LogP contribution in [0.25, 0.3) is 0 Å². The van der Waals surface area contributed by atoms with Crippen LogP contribution in [0.4, 0.5) is 0 Å². The first-order valence-corrected chi connectivity index (χ1v) is 11.2. The molecule has 4 nitrogen and oxygen atoms in total. The summed E-state index contributed by atoms with van der Waals surface area (Å²) in [5.74, 6) is 1.68. The third kappa shape index (κ3) is 3.01. The SMILES string of the molecule is COc1ccc2c(c1)C[C@@H](C(=O)N1CCc3sccc3[C@H]1c1cccs1)CO2. The summed E-state index contributed by atoms with van der Waals surface area (Å²) in [6.07, 6.45) is 1.62. The Hall–Kier alpha value is -2.31. The molecule has 144 valence electrons. The highest BCUT2D eigenvalue weighted by Gasteiger charge is 2.38. The lowest BCUT2D eigenvalue weighted by Gasteiger charge is -2.38. The van der Waals surface area contributed by atoms with Gasteiger partial charge in [0.2, 0.25) is 5.91 Å². The van der Waals surface area contributed by atoms with Gasteiger partial charge in [0.15, 0.2) is 0 Å².